The number of hydrogen-bond donors (Lipinski definition) is 1. The van der Waals surface area contributed by atoms with Crippen LogP contribution >= 0.6 is 23.2 Å². The average Bonchev–Trinajstić information content (AvgIpc) is 3.10. The molecule has 1 N–H and O–H groups in total. The Morgan fingerprint density at radius 3 is 1.66 bits per heavy atom. The van der Waals surface area contributed by atoms with Gasteiger partial charge in [-0.05, 0) is 4.20 Å². The van der Waals surface area contributed by atoms with Crippen molar-refractivity contribution in [2.45, 2.75) is 38.3 Å². The maximum atomic E-state index is 14.3. The molecule has 0 radical (unpaired) electrons. The standard InChI is InChI=1S/C38H38BrO3P.BrHO3/c1-4-38(5-2,34-27-30(41-3)25-26-35(34)39)37(40)42-36-24-16-15-17-29(36)28-43(31-18-9-6-10-19-31,32-20-11-7-12-21-32)33-22-13-8-14-23-33;2-1(3)4/h6-27,43H,4-5,28H2,1-3H3;2H. The maximum absolute atomic E-state index is 14.3. The van der Waals surface area contributed by atoms with Crippen molar-refractivity contribution in [3.63, 3.8) is 0 Å². The first-order valence-corrected chi connectivity index (χ1v) is 20.3. The van der Waals surface area contributed by atoms with E-state index in [1.165, 1.54) is 15.9 Å². The molecule has 6 nitrogen and oxygen atoms in total. The topological polar surface area (TPSA) is 102 Å². The summed E-state index contributed by atoms with van der Waals surface area (Å²) in [6.07, 6.45) is 1.92. The molecule has 0 aromatic heterocycles. The number of hydrogen-bond acceptors (Lipinski definition) is 6. The van der Waals surface area contributed by atoms with Gasteiger partial charge in [-0.1, -0.05) is 0 Å². The SMILES string of the molecule is CCC(CC)(C(=O)Oc1ccccc1C[PH](c1ccccc1)(c1ccccc1)c1ccccc1)c1cc(OC)ccc1Br.[O-][Br+2]([O-])O. The average molecular weight is 783 g/mol. The Morgan fingerprint density at radius 2 is 1.21 bits per heavy atom. The molecule has 5 aromatic rings. The van der Waals surface area contributed by atoms with E-state index in [2.05, 4.69) is 113 Å². The van der Waals surface area contributed by atoms with Crippen molar-refractivity contribution in [2.24, 2.45) is 0 Å². The van der Waals surface area contributed by atoms with E-state index in [0.717, 1.165) is 21.8 Å². The molecule has 0 atom stereocenters. The molecule has 5 aromatic carbocycles. The second-order valence-electron chi connectivity index (χ2n) is 11.0. The van der Waals surface area contributed by atoms with Crippen molar-refractivity contribution < 1.29 is 41.7 Å². The predicted molar refractivity (Wildman–Crippen MR) is 187 cm³/mol. The first-order valence-electron chi connectivity index (χ1n) is 15.3. The minimum atomic E-state index is -3.40. The molecule has 246 valence electrons. The van der Waals surface area contributed by atoms with Gasteiger partial charge in [-0.25, -0.2) is 0 Å². The van der Waals surface area contributed by atoms with Crippen LogP contribution in [0.15, 0.2) is 138 Å². The minimum absolute atomic E-state index is 0.259. The molecule has 0 saturated heterocycles. The molecule has 0 fully saturated rings. The summed E-state index contributed by atoms with van der Waals surface area (Å²) in [6, 6.07) is 46.3. The summed E-state index contributed by atoms with van der Waals surface area (Å²) >= 11 is 0.309. The summed E-state index contributed by atoms with van der Waals surface area (Å²) in [5.74, 6) is 1.06. The zero-order valence-electron chi connectivity index (χ0n) is 26.6. The molecule has 0 aliphatic carbocycles. The zero-order valence-corrected chi connectivity index (χ0v) is 30.7. The van der Waals surface area contributed by atoms with E-state index in [4.69, 9.17) is 22.1 Å². The summed E-state index contributed by atoms with van der Waals surface area (Å²) in [7, 11) is -0.968. The Morgan fingerprint density at radius 1 is 0.766 bits per heavy atom. The molecule has 5 rings (SSSR count). The van der Waals surface area contributed by atoms with Gasteiger partial charge < -0.3 is 8.40 Å². The maximum Gasteiger partial charge on any atom is 0.433 e. The summed E-state index contributed by atoms with van der Waals surface area (Å²) in [5.41, 5.74) is 1.05. The third kappa shape index (κ3) is 8.39. The molecule has 0 aliphatic rings. The Bertz CT molecular complexity index is 1620. The molecule has 0 heterocycles. The minimum Gasteiger partial charge on any atom is -0.372 e. The number of benzene rings is 5. The van der Waals surface area contributed by atoms with Crippen molar-refractivity contribution in [1.82, 2.24) is 0 Å². The second-order valence-corrected chi connectivity index (χ2v) is 16.6. The number of methoxy groups -OCH3 is 1. The molecule has 9 heteroatoms. The zero-order chi connectivity index (χ0) is 33.9. The number of para-hydroxylation sites is 1. The van der Waals surface area contributed by atoms with Crippen molar-refractivity contribution in [2.75, 3.05) is 7.11 Å². The van der Waals surface area contributed by atoms with Crippen LogP contribution in [0.3, 0.4) is 0 Å². The number of halogens is 2. The predicted octanol–water partition coefficient (Wildman–Crippen LogP) is 5.41. The van der Waals surface area contributed by atoms with Crippen molar-refractivity contribution in [1.29, 1.82) is 0 Å². The molecule has 0 aliphatic heterocycles. The third-order valence-corrected chi connectivity index (χ3v) is 14.3. The van der Waals surface area contributed by atoms with Crippen LogP contribution in [-0.2, 0) is 16.4 Å². The summed E-state index contributed by atoms with van der Waals surface area (Å²) in [5, 5.41) is 3.93. The number of carbonyl (C=O) groups is 1. The van der Waals surface area contributed by atoms with Crippen LogP contribution in [0.4, 0.5) is 0 Å². The van der Waals surface area contributed by atoms with Crippen LogP contribution in [-0.4, -0.2) is 17.3 Å². The van der Waals surface area contributed by atoms with E-state index in [-0.39, 0.29) is 5.97 Å². The van der Waals surface area contributed by atoms with Gasteiger partial charge in [0.1, 0.15) is 0 Å². The van der Waals surface area contributed by atoms with Crippen LogP contribution in [0.2, 0.25) is 0 Å². The van der Waals surface area contributed by atoms with Gasteiger partial charge in [0.2, 0.25) is 0 Å². The van der Waals surface area contributed by atoms with Gasteiger partial charge >= 0.3 is 280 Å². The molecule has 0 bridgehead atoms. The summed E-state index contributed by atoms with van der Waals surface area (Å²) < 4.78 is 37.2. The molecule has 0 saturated carbocycles. The molecule has 0 spiro atoms. The van der Waals surface area contributed by atoms with E-state index < -0.39 is 27.5 Å². The number of rotatable bonds is 11. The van der Waals surface area contributed by atoms with E-state index in [0.29, 0.717) is 24.3 Å². The normalized spacial score (nSPS) is 11.7. The van der Waals surface area contributed by atoms with Crippen LogP contribution < -0.4 is 33.8 Å². The summed E-state index contributed by atoms with van der Waals surface area (Å²) in [4.78, 5) is 14.3. The Balaban J connectivity index is 0.00000118. The number of ether oxygens (including phenoxy) is 2. The fourth-order valence-electron chi connectivity index (χ4n) is 6.23. The first-order chi connectivity index (χ1) is 22.7. The second kappa shape index (κ2) is 17.2. The van der Waals surface area contributed by atoms with Gasteiger partial charge in [0.25, 0.3) is 0 Å². The van der Waals surface area contributed by atoms with Crippen LogP contribution in [0.25, 0.3) is 0 Å². The molecule has 0 amide bonds. The van der Waals surface area contributed by atoms with Gasteiger partial charge in [0.05, 0.1) is 0 Å². The van der Waals surface area contributed by atoms with Gasteiger partial charge in [-0.15, -0.1) is 0 Å². The third-order valence-electron chi connectivity index (χ3n) is 8.72. The van der Waals surface area contributed by atoms with Crippen molar-refractivity contribution in [3.8, 4) is 11.5 Å². The van der Waals surface area contributed by atoms with Crippen molar-refractivity contribution in [3.05, 3.63) is 149 Å². The molecule has 0 unspecified atom stereocenters. The van der Waals surface area contributed by atoms with Crippen molar-refractivity contribution >= 4 is 45.1 Å². The van der Waals surface area contributed by atoms with Gasteiger partial charge in [0, 0.05) is 0 Å². The van der Waals surface area contributed by atoms with Crippen LogP contribution in [0, 0.1) is 14.8 Å². The summed E-state index contributed by atoms with van der Waals surface area (Å²) in [6.45, 7) is 4.08. The Kier molecular flexibility index (Phi) is 13.3. The van der Waals surface area contributed by atoms with Gasteiger partial charge in [-0.3, -0.25) is 0 Å². The molecule has 47 heavy (non-hydrogen) atoms. The monoisotopic (exact) mass is 780 g/mol. The fourth-order valence-corrected chi connectivity index (χ4v) is 11.6. The molecular formula is C38H39Br2O6P. The fraction of sp³-hybridized carbons (Fsp3) is 0.184. The quantitative estimate of drug-likeness (QED) is 0.109. The van der Waals surface area contributed by atoms with Gasteiger partial charge in [-0.2, -0.15) is 0 Å². The van der Waals surface area contributed by atoms with E-state index >= 15 is 0 Å². The smallest absolute Gasteiger partial charge is 0.372 e. The molecular weight excluding hydrogens is 743 g/mol. The van der Waals surface area contributed by atoms with Crippen LogP contribution in [0.5, 0.6) is 11.5 Å². The number of carbonyl (C=O) groups excluding carboxylic acids is 1. The van der Waals surface area contributed by atoms with Crippen LogP contribution in [0.1, 0.15) is 37.8 Å². The first kappa shape index (κ1) is 36.5. The van der Waals surface area contributed by atoms with E-state index in [9.17, 15) is 4.79 Å². The van der Waals surface area contributed by atoms with E-state index in [1.807, 2.05) is 50.2 Å². The largest absolute Gasteiger partial charge is 0.433 e. The Labute approximate surface area is 291 Å². The number of esters is 1. The Hall–Kier alpha value is -3.36. The van der Waals surface area contributed by atoms with E-state index in [1.54, 1.807) is 7.11 Å². The van der Waals surface area contributed by atoms with Gasteiger partial charge in [0.15, 0.2) is 0 Å².